The average molecular weight is 243 g/mol. The first-order valence-electron chi connectivity index (χ1n) is 5.48. The van der Waals surface area contributed by atoms with Crippen LogP contribution in [0.5, 0.6) is 5.88 Å². The smallest absolute Gasteiger partial charge is 0.251 e. The molecule has 0 aliphatic rings. The molecule has 0 saturated carbocycles. The summed E-state index contributed by atoms with van der Waals surface area (Å²) in [5, 5.41) is 2.78. The van der Waals surface area contributed by atoms with Crippen LogP contribution in [0.15, 0.2) is 42.7 Å². The van der Waals surface area contributed by atoms with Crippen LogP contribution in [0.1, 0.15) is 16.1 Å². The van der Waals surface area contributed by atoms with Gasteiger partial charge in [0.15, 0.2) is 0 Å². The molecule has 0 saturated heterocycles. The van der Waals surface area contributed by atoms with Crippen LogP contribution in [0.4, 0.5) is 0 Å². The zero-order valence-electron chi connectivity index (χ0n) is 9.96. The lowest BCUT2D eigenvalue weighted by molar-refractivity contribution is 0.0950. The van der Waals surface area contributed by atoms with Gasteiger partial charge < -0.3 is 10.1 Å². The minimum Gasteiger partial charge on any atom is -0.481 e. The number of carbonyl (C=O) groups is 1. The molecule has 18 heavy (non-hydrogen) atoms. The van der Waals surface area contributed by atoms with E-state index in [1.165, 1.54) is 13.3 Å². The van der Waals surface area contributed by atoms with Crippen molar-refractivity contribution in [1.29, 1.82) is 0 Å². The zero-order valence-corrected chi connectivity index (χ0v) is 9.96. The molecule has 0 fully saturated rings. The van der Waals surface area contributed by atoms with Crippen LogP contribution in [0, 0.1) is 0 Å². The van der Waals surface area contributed by atoms with Gasteiger partial charge in [-0.1, -0.05) is 6.07 Å². The van der Waals surface area contributed by atoms with Crippen molar-refractivity contribution in [3.63, 3.8) is 0 Å². The van der Waals surface area contributed by atoms with E-state index < -0.39 is 0 Å². The normalized spacial score (nSPS) is 9.83. The summed E-state index contributed by atoms with van der Waals surface area (Å²) in [6.45, 7) is 0.393. The van der Waals surface area contributed by atoms with E-state index in [0.717, 1.165) is 5.69 Å². The van der Waals surface area contributed by atoms with Crippen molar-refractivity contribution in [3.8, 4) is 5.88 Å². The van der Waals surface area contributed by atoms with Crippen LogP contribution in [-0.4, -0.2) is 23.0 Å². The number of amides is 1. The van der Waals surface area contributed by atoms with Gasteiger partial charge in [0, 0.05) is 24.0 Å². The summed E-state index contributed by atoms with van der Waals surface area (Å²) in [6, 6.07) is 8.79. The summed E-state index contributed by atoms with van der Waals surface area (Å²) < 4.78 is 4.96. The highest BCUT2D eigenvalue weighted by Gasteiger charge is 2.06. The van der Waals surface area contributed by atoms with Crippen molar-refractivity contribution in [1.82, 2.24) is 15.3 Å². The number of hydrogen-bond acceptors (Lipinski definition) is 4. The Hall–Kier alpha value is -2.43. The number of hydrogen-bond donors (Lipinski definition) is 1. The molecule has 0 bridgehead atoms. The highest BCUT2D eigenvalue weighted by atomic mass is 16.5. The van der Waals surface area contributed by atoms with Gasteiger partial charge in [0.25, 0.3) is 5.91 Å². The van der Waals surface area contributed by atoms with Gasteiger partial charge in [0.1, 0.15) is 0 Å². The summed E-state index contributed by atoms with van der Waals surface area (Å²) in [7, 11) is 1.51. The molecule has 5 nitrogen and oxygen atoms in total. The van der Waals surface area contributed by atoms with Gasteiger partial charge in [0.2, 0.25) is 5.88 Å². The molecule has 2 aromatic rings. The van der Waals surface area contributed by atoms with E-state index >= 15 is 0 Å². The Kier molecular flexibility index (Phi) is 3.86. The van der Waals surface area contributed by atoms with E-state index in [1.54, 1.807) is 18.3 Å². The fourth-order valence-corrected chi connectivity index (χ4v) is 1.44. The molecule has 0 unspecified atom stereocenters. The van der Waals surface area contributed by atoms with Gasteiger partial charge in [-0.05, 0) is 18.2 Å². The fraction of sp³-hybridized carbons (Fsp3) is 0.154. The second-order valence-electron chi connectivity index (χ2n) is 3.59. The first kappa shape index (κ1) is 12.0. The summed E-state index contributed by atoms with van der Waals surface area (Å²) in [5.41, 5.74) is 1.32. The van der Waals surface area contributed by atoms with E-state index in [0.29, 0.717) is 18.0 Å². The Balaban J connectivity index is 1.99. The van der Waals surface area contributed by atoms with Gasteiger partial charge in [0.05, 0.1) is 19.3 Å². The van der Waals surface area contributed by atoms with Gasteiger partial charge in [-0.15, -0.1) is 0 Å². The number of aromatic nitrogens is 2. The number of ether oxygens (including phenoxy) is 1. The van der Waals surface area contributed by atoms with Crippen molar-refractivity contribution >= 4 is 5.91 Å². The molecule has 92 valence electrons. The standard InChI is InChI=1S/C13H13N3O2/c1-18-12-8-10(5-7-15-12)13(17)16-9-11-4-2-3-6-14-11/h2-8H,9H2,1H3,(H,16,17). The number of carbonyl (C=O) groups excluding carboxylic acids is 1. The molecule has 0 atom stereocenters. The minimum absolute atomic E-state index is 0.179. The molecule has 2 rings (SSSR count). The summed E-state index contributed by atoms with van der Waals surface area (Å²) in [6.07, 6.45) is 3.23. The molecule has 0 aliphatic heterocycles. The molecule has 2 aromatic heterocycles. The van der Waals surface area contributed by atoms with Gasteiger partial charge in [-0.2, -0.15) is 0 Å². The van der Waals surface area contributed by atoms with Gasteiger partial charge in [-0.25, -0.2) is 4.98 Å². The zero-order chi connectivity index (χ0) is 12.8. The van der Waals surface area contributed by atoms with Crippen LogP contribution in [0.2, 0.25) is 0 Å². The predicted octanol–water partition coefficient (Wildman–Crippen LogP) is 1.42. The van der Waals surface area contributed by atoms with Crippen molar-refractivity contribution in [2.45, 2.75) is 6.54 Å². The fourth-order valence-electron chi connectivity index (χ4n) is 1.44. The Labute approximate surface area is 105 Å². The van der Waals surface area contributed by atoms with Crippen molar-refractivity contribution < 1.29 is 9.53 Å². The van der Waals surface area contributed by atoms with Crippen LogP contribution in [0.25, 0.3) is 0 Å². The molecule has 0 aliphatic carbocycles. The SMILES string of the molecule is COc1cc(C(=O)NCc2ccccn2)ccn1. The first-order chi connectivity index (χ1) is 8.79. The van der Waals surface area contributed by atoms with E-state index in [1.807, 2.05) is 18.2 Å². The van der Waals surface area contributed by atoms with Crippen LogP contribution in [-0.2, 0) is 6.54 Å². The van der Waals surface area contributed by atoms with Crippen LogP contribution in [0.3, 0.4) is 0 Å². The molecule has 2 heterocycles. The number of pyridine rings is 2. The van der Waals surface area contributed by atoms with E-state index in [-0.39, 0.29) is 5.91 Å². The lowest BCUT2D eigenvalue weighted by atomic mass is 10.2. The minimum atomic E-state index is -0.179. The largest absolute Gasteiger partial charge is 0.481 e. The Morgan fingerprint density at radius 3 is 2.89 bits per heavy atom. The molecule has 1 amide bonds. The number of rotatable bonds is 4. The van der Waals surface area contributed by atoms with Gasteiger partial charge in [-0.3, -0.25) is 9.78 Å². The van der Waals surface area contributed by atoms with Crippen molar-refractivity contribution in [3.05, 3.63) is 54.0 Å². The first-order valence-corrected chi connectivity index (χ1v) is 5.48. The number of nitrogens with one attached hydrogen (secondary N) is 1. The highest BCUT2D eigenvalue weighted by molar-refractivity contribution is 5.94. The molecule has 1 N–H and O–H groups in total. The predicted molar refractivity (Wildman–Crippen MR) is 66.2 cm³/mol. The number of methoxy groups -OCH3 is 1. The molecule has 5 heteroatoms. The number of nitrogens with zero attached hydrogens (tertiary/aromatic N) is 2. The lowest BCUT2D eigenvalue weighted by Crippen LogP contribution is -2.23. The van der Waals surface area contributed by atoms with Crippen molar-refractivity contribution in [2.75, 3.05) is 7.11 Å². The summed E-state index contributed by atoms with van der Waals surface area (Å²) >= 11 is 0. The Bertz CT molecular complexity index is 529. The van der Waals surface area contributed by atoms with Crippen LogP contribution < -0.4 is 10.1 Å². The maximum atomic E-state index is 11.9. The average Bonchev–Trinajstić information content (AvgIpc) is 2.46. The van der Waals surface area contributed by atoms with E-state index in [4.69, 9.17) is 4.74 Å². The third kappa shape index (κ3) is 3.04. The second kappa shape index (κ2) is 5.77. The second-order valence-corrected chi connectivity index (χ2v) is 3.59. The molecule has 0 radical (unpaired) electrons. The third-order valence-electron chi connectivity index (χ3n) is 2.36. The highest BCUT2D eigenvalue weighted by Crippen LogP contribution is 2.08. The molecule has 0 aromatic carbocycles. The third-order valence-corrected chi connectivity index (χ3v) is 2.36. The molecular weight excluding hydrogens is 230 g/mol. The van der Waals surface area contributed by atoms with E-state index in [2.05, 4.69) is 15.3 Å². The maximum absolute atomic E-state index is 11.9. The van der Waals surface area contributed by atoms with E-state index in [9.17, 15) is 4.79 Å². The topological polar surface area (TPSA) is 64.1 Å². The maximum Gasteiger partial charge on any atom is 0.251 e. The quantitative estimate of drug-likeness (QED) is 0.882. The lowest BCUT2D eigenvalue weighted by Gasteiger charge is -2.05. The Morgan fingerprint density at radius 2 is 2.17 bits per heavy atom. The molecule has 0 spiro atoms. The monoisotopic (exact) mass is 243 g/mol. The molecular formula is C13H13N3O2. The van der Waals surface area contributed by atoms with Gasteiger partial charge >= 0.3 is 0 Å². The Morgan fingerprint density at radius 1 is 1.28 bits per heavy atom. The summed E-state index contributed by atoms with van der Waals surface area (Å²) in [5.74, 6) is 0.238. The van der Waals surface area contributed by atoms with Crippen molar-refractivity contribution in [2.24, 2.45) is 0 Å². The summed E-state index contributed by atoms with van der Waals surface area (Å²) in [4.78, 5) is 19.9. The van der Waals surface area contributed by atoms with Crippen LogP contribution >= 0.6 is 0 Å².